The maximum absolute atomic E-state index is 14.7. The Hall–Kier alpha value is -4.99. The van der Waals surface area contributed by atoms with Crippen LogP contribution in [0.25, 0.3) is 0 Å². The van der Waals surface area contributed by atoms with Gasteiger partial charge in [-0.25, -0.2) is 13.2 Å². The van der Waals surface area contributed by atoms with Gasteiger partial charge in [-0.15, -0.1) is 0 Å². The van der Waals surface area contributed by atoms with Crippen LogP contribution in [-0.4, -0.2) is 236 Å². The Morgan fingerprint density at radius 3 is 2.08 bits per heavy atom. The zero-order valence-corrected chi connectivity index (χ0v) is 45.6. The number of aliphatic hydroxyl groups excluding tert-OH is 6. The first-order valence-corrected chi connectivity index (χ1v) is 24.9. The van der Waals surface area contributed by atoms with Crippen molar-refractivity contribution in [2.75, 3.05) is 46.8 Å². The minimum Gasteiger partial charge on any atom is -0.716 e. The first kappa shape index (κ1) is 64.3. The Labute approximate surface area is 454 Å². The molecule has 75 heavy (non-hydrogen) atoms. The van der Waals surface area contributed by atoms with Gasteiger partial charge in [0.1, 0.15) is 41.9 Å². The minimum absolute atomic E-state index is 0. The smallest absolute Gasteiger partial charge is 0.716 e. The molecule has 8 amide bonds. The van der Waals surface area contributed by atoms with E-state index < -0.39 is 199 Å². The van der Waals surface area contributed by atoms with Crippen LogP contribution in [0, 0.1) is 5.92 Å². The van der Waals surface area contributed by atoms with Crippen LogP contribution in [0.4, 0.5) is 4.79 Å². The van der Waals surface area contributed by atoms with Crippen molar-refractivity contribution in [3.05, 3.63) is 23.8 Å². The second kappa shape index (κ2) is 27.4. The van der Waals surface area contributed by atoms with Crippen LogP contribution in [0.3, 0.4) is 0 Å². The summed E-state index contributed by atoms with van der Waals surface area (Å²) in [6.07, 6.45) is -15.0. The average Bonchev–Trinajstić information content (AvgIpc) is 3.82. The SMILES string of the molecule is C[C@@H](O)C1NC(=O)[C@H](NC(=O)OC(C)(C)C)C[C@@H](O)CNC(=O)[C@@H]2[C@@H](O)[C@@H](C)CN2C(=O)[C@H]([C@H](O)CC(=O)NCCN(C)C)NC(=O)[C@H]([C@H](O)Cc2ccc(O)c(OS(=O)(=O)[O-])c2)NC(=O)[C@@H]2C[C@@H](O)CN2C1=O.[Na+]. The Morgan fingerprint density at radius 1 is 0.867 bits per heavy atom. The molecule has 0 saturated carbocycles. The number of phenolic OH excluding ortho intramolecular Hbond substituents is 1. The molecule has 0 radical (unpaired) electrons. The summed E-state index contributed by atoms with van der Waals surface area (Å²) in [6.45, 7) is 5.72. The third-order valence-electron chi connectivity index (χ3n) is 12.1. The molecule has 1 aromatic carbocycles. The molecule has 3 aliphatic heterocycles. The summed E-state index contributed by atoms with van der Waals surface area (Å²) in [5, 5.41) is 91.8. The number of phenols is 1. The van der Waals surface area contributed by atoms with E-state index in [1.54, 1.807) is 19.0 Å². The van der Waals surface area contributed by atoms with Crippen molar-refractivity contribution in [1.82, 2.24) is 46.6 Å². The zero-order valence-electron chi connectivity index (χ0n) is 42.8. The standard InChI is InChI=1S/C44H69N9O20S.Na/c1-20-18-53-35(36(20)61)40(65)46-17-23(55)14-25(47-43(68)72-44(3,4)5)37(62)48-32(21(2)54)41(66)52-19-24(56)15-26(52)38(63)49-33(28(58)12-22-8-9-27(57)30(13-22)73-74(69,70)71)39(64)50-34(42(53)67)29(59)16-31(60)45-10-11-51(6)7;/h8-9,13,20-21,23-26,28-29,32-36,54-59,61H,10-12,14-19H2,1-7H3,(H,45,60)(H,46,65)(H,47,68)(H,48,62)(H,49,63)(H,50,64)(H,69,70,71);/q;+1/p-1/t20-,21+,23+,24+,25+,26-,28+,29+,32?,33-,34-,35-,36-;/m0./s1. The fourth-order valence-corrected chi connectivity index (χ4v) is 8.74. The molecule has 13 N–H and O–H groups in total. The number of fused-ring (bicyclic) bond motifs is 2. The van der Waals surface area contributed by atoms with Gasteiger partial charge in [-0.2, -0.15) is 0 Å². The largest absolute Gasteiger partial charge is 1.00 e. The summed E-state index contributed by atoms with van der Waals surface area (Å²) < 4.78 is 43.8. The summed E-state index contributed by atoms with van der Waals surface area (Å²) in [4.78, 5) is 115. The number of alkyl carbamates (subject to hydrolysis) is 1. The van der Waals surface area contributed by atoms with Gasteiger partial charge in [0.15, 0.2) is 11.5 Å². The predicted molar refractivity (Wildman–Crippen MR) is 251 cm³/mol. The number of rotatable bonds is 13. The van der Waals surface area contributed by atoms with E-state index in [-0.39, 0.29) is 41.7 Å². The number of ether oxygens (including phenoxy) is 1. The molecular weight excluding hydrogens is 1030 g/mol. The van der Waals surface area contributed by atoms with E-state index in [1.807, 2.05) is 0 Å². The number of amides is 8. The first-order valence-electron chi connectivity index (χ1n) is 23.5. The van der Waals surface area contributed by atoms with Crippen LogP contribution in [0.15, 0.2) is 18.2 Å². The van der Waals surface area contributed by atoms with Gasteiger partial charge in [0, 0.05) is 57.9 Å². The number of hydrogen-bond acceptors (Lipinski definition) is 21. The van der Waals surface area contributed by atoms with Crippen LogP contribution in [0.5, 0.6) is 11.5 Å². The van der Waals surface area contributed by atoms with Gasteiger partial charge in [0.05, 0.1) is 43.0 Å². The van der Waals surface area contributed by atoms with Crippen molar-refractivity contribution in [3.63, 3.8) is 0 Å². The Bertz CT molecular complexity index is 2340. The van der Waals surface area contributed by atoms with Gasteiger partial charge in [-0.05, 0) is 59.5 Å². The number of hydrogen-bond donors (Lipinski definition) is 13. The van der Waals surface area contributed by atoms with Crippen molar-refractivity contribution >= 4 is 57.8 Å². The molecule has 3 heterocycles. The normalized spacial score (nSPS) is 27.9. The average molecular weight is 1100 g/mol. The molecular formula is C44H68N9NaO20S. The van der Waals surface area contributed by atoms with Crippen LogP contribution in [0.2, 0.25) is 0 Å². The molecule has 1 aromatic rings. The van der Waals surface area contributed by atoms with Crippen LogP contribution < -0.4 is 65.6 Å². The molecule has 0 aliphatic carbocycles. The summed E-state index contributed by atoms with van der Waals surface area (Å²) in [6, 6.07) is -9.06. The van der Waals surface area contributed by atoms with Crippen molar-refractivity contribution in [1.29, 1.82) is 0 Å². The minimum atomic E-state index is -5.47. The van der Waals surface area contributed by atoms with E-state index in [1.165, 1.54) is 27.7 Å². The Kier molecular flexibility index (Phi) is 23.5. The Balaban J connectivity index is 0.0000148. The van der Waals surface area contributed by atoms with E-state index in [9.17, 15) is 87.1 Å². The van der Waals surface area contributed by atoms with E-state index in [0.717, 1.165) is 34.9 Å². The third-order valence-corrected chi connectivity index (χ3v) is 12.5. The molecule has 3 saturated heterocycles. The molecule has 416 valence electrons. The van der Waals surface area contributed by atoms with Crippen LogP contribution in [-0.2, 0) is 55.1 Å². The van der Waals surface area contributed by atoms with Crippen LogP contribution >= 0.6 is 0 Å². The van der Waals surface area contributed by atoms with Crippen molar-refractivity contribution in [2.24, 2.45) is 5.92 Å². The second-order valence-corrected chi connectivity index (χ2v) is 20.8. The van der Waals surface area contributed by atoms with E-state index in [0.29, 0.717) is 6.54 Å². The number of aromatic hydroxyl groups is 1. The molecule has 1 unspecified atom stereocenters. The van der Waals surface area contributed by atoms with E-state index in [2.05, 4.69) is 36.1 Å². The quantitative estimate of drug-likeness (QED) is 0.0495. The Morgan fingerprint density at radius 2 is 1.48 bits per heavy atom. The molecule has 0 bridgehead atoms. The third kappa shape index (κ3) is 18.6. The molecule has 4 rings (SSSR count). The first-order chi connectivity index (χ1) is 34.3. The molecule has 3 aliphatic rings. The second-order valence-electron chi connectivity index (χ2n) is 19.8. The number of carbonyl (C=O) groups is 8. The van der Waals surface area contributed by atoms with Crippen molar-refractivity contribution < 1.29 is 126 Å². The molecule has 0 spiro atoms. The summed E-state index contributed by atoms with van der Waals surface area (Å²) in [7, 11) is -2.05. The number of nitrogens with zero attached hydrogens (tertiary/aromatic N) is 3. The topological polar surface area (TPSA) is 436 Å². The van der Waals surface area contributed by atoms with Gasteiger partial charge < -0.3 is 95.8 Å². The fraction of sp³-hybridized carbons (Fsp3) is 0.682. The number of aliphatic hydroxyl groups is 6. The molecule has 0 aromatic heterocycles. The number of benzene rings is 1. The number of nitrogens with one attached hydrogen (secondary N) is 6. The predicted octanol–water partition coefficient (Wildman–Crippen LogP) is -9.65. The monoisotopic (exact) mass is 1100 g/mol. The molecule has 13 atom stereocenters. The van der Waals surface area contributed by atoms with Crippen LogP contribution in [0.1, 0.15) is 59.4 Å². The van der Waals surface area contributed by atoms with E-state index in [4.69, 9.17) is 4.74 Å². The van der Waals surface area contributed by atoms with Crippen molar-refractivity contribution in [3.8, 4) is 11.5 Å². The number of likely N-dealkylation sites (N-methyl/N-ethyl adjacent to an activating group) is 1. The van der Waals surface area contributed by atoms with Crippen molar-refractivity contribution in [2.45, 2.75) is 139 Å². The van der Waals surface area contributed by atoms with Gasteiger partial charge in [0.25, 0.3) is 10.4 Å². The summed E-state index contributed by atoms with van der Waals surface area (Å²) in [5.41, 5.74) is -1.26. The van der Waals surface area contributed by atoms with Gasteiger partial charge in [0.2, 0.25) is 41.4 Å². The van der Waals surface area contributed by atoms with Gasteiger partial charge in [-0.3, -0.25) is 33.6 Å². The van der Waals surface area contributed by atoms with Gasteiger partial charge in [-0.1, -0.05) is 13.0 Å². The van der Waals surface area contributed by atoms with E-state index >= 15 is 0 Å². The molecule has 29 nitrogen and oxygen atoms in total. The summed E-state index contributed by atoms with van der Waals surface area (Å²) in [5.74, 6) is -11.0. The molecule has 31 heteroatoms. The number of β-amino-alcohol motifs (C(OH)–C–C–N with tert-alkyl or cyclic N) is 1. The zero-order chi connectivity index (χ0) is 55.7. The fourth-order valence-electron chi connectivity index (χ4n) is 8.39. The number of carbonyl (C=O) groups excluding carboxylic acids is 8. The summed E-state index contributed by atoms with van der Waals surface area (Å²) >= 11 is 0. The van der Waals surface area contributed by atoms with Gasteiger partial charge >= 0.3 is 35.7 Å². The molecule has 3 fully saturated rings. The maximum Gasteiger partial charge on any atom is 1.00 e. The maximum atomic E-state index is 14.7.